The molecular formula is C15H17NO2. The highest BCUT2D eigenvalue weighted by atomic mass is 16.5. The standard InChI is InChI=1S/C15H17NO2/c1-10-6-11(2)8-13(7-10)15(17)12-4-5-14(18-3)16-9-12/h4-9,15,17H,1-3H3. The van der Waals surface area contributed by atoms with Gasteiger partial charge in [-0.05, 0) is 25.5 Å². The summed E-state index contributed by atoms with van der Waals surface area (Å²) in [5.74, 6) is 0.548. The molecule has 0 bridgehead atoms. The highest BCUT2D eigenvalue weighted by Crippen LogP contribution is 2.24. The molecule has 1 heterocycles. The van der Waals surface area contributed by atoms with E-state index in [0.29, 0.717) is 5.88 Å². The number of pyridine rings is 1. The normalized spacial score (nSPS) is 12.2. The molecule has 0 amide bonds. The Bertz CT molecular complexity index is 514. The maximum absolute atomic E-state index is 10.3. The summed E-state index contributed by atoms with van der Waals surface area (Å²) in [4.78, 5) is 4.11. The summed E-state index contributed by atoms with van der Waals surface area (Å²) in [5, 5.41) is 10.3. The van der Waals surface area contributed by atoms with E-state index in [0.717, 1.165) is 22.3 Å². The lowest BCUT2D eigenvalue weighted by atomic mass is 9.99. The molecule has 0 radical (unpaired) electrons. The van der Waals surface area contributed by atoms with Crippen molar-refractivity contribution in [3.05, 3.63) is 58.8 Å². The zero-order valence-electron chi connectivity index (χ0n) is 10.8. The predicted octanol–water partition coefficient (Wildman–Crippen LogP) is 2.79. The number of hydrogen-bond acceptors (Lipinski definition) is 3. The highest BCUT2D eigenvalue weighted by molar-refractivity contribution is 5.35. The van der Waals surface area contributed by atoms with Crippen LogP contribution in [0.3, 0.4) is 0 Å². The van der Waals surface area contributed by atoms with Gasteiger partial charge in [0, 0.05) is 17.8 Å². The van der Waals surface area contributed by atoms with Crippen molar-refractivity contribution < 1.29 is 9.84 Å². The first kappa shape index (κ1) is 12.6. The number of ether oxygens (including phenoxy) is 1. The minimum Gasteiger partial charge on any atom is -0.481 e. The van der Waals surface area contributed by atoms with Gasteiger partial charge in [0.15, 0.2) is 0 Å². The van der Waals surface area contributed by atoms with E-state index >= 15 is 0 Å². The topological polar surface area (TPSA) is 42.4 Å². The van der Waals surface area contributed by atoms with Crippen molar-refractivity contribution in [2.45, 2.75) is 20.0 Å². The summed E-state index contributed by atoms with van der Waals surface area (Å²) < 4.78 is 5.00. The Balaban J connectivity index is 2.31. The van der Waals surface area contributed by atoms with E-state index in [1.807, 2.05) is 32.0 Å². The Labute approximate surface area is 107 Å². The van der Waals surface area contributed by atoms with Crippen LogP contribution in [0.1, 0.15) is 28.4 Å². The van der Waals surface area contributed by atoms with E-state index in [4.69, 9.17) is 4.74 Å². The monoisotopic (exact) mass is 243 g/mol. The number of aliphatic hydroxyl groups excluding tert-OH is 1. The SMILES string of the molecule is COc1ccc(C(O)c2cc(C)cc(C)c2)cn1. The van der Waals surface area contributed by atoms with Crippen LogP contribution in [0, 0.1) is 13.8 Å². The van der Waals surface area contributed by atoms with Crippen LogP contribution in [0.2, 0.25) is 0 Å². The van der Waals surface area contributed by atoms with E-state index in [-0.39, 0.29) is 0 Å². The van der Waals surface area contributed by atoms with Crippen LogP contribution < -0.4 is 4.74 Å². The summed E-state index contributed by atoms with van der Waals surface area (Å²) in [6.07, 6.45) is 0.989. The molecule has 1 N–H and O–H groups in total. The summed E-state index contributed by atoms with van der Waals surface area (Å²) in [7, 11) is 1.57. The van der Waals surface area contributed by atoms with Crippen molar-refractivity contribution in [3.63, 3.8) is 0 Å². The molecule has 0 aliphatic carbocycles. The van der Waals surface area contributed by atoms with Crippen LogP contribution in [0.4, 0.5) is 0 Å². The molecule has 1 unspecified atom stereocenters. The quantitative estimate of drug-likeness (QED) is 0.901. The van der Waals surface area contributed by atoms with Crippen molar-refractivity contribution in [2.24, 2.45) is 0 Å². The Morgan fingerprint density at radius 1 is 1.06 bits per heavy atom. The molecule has 0 spiro atoms. The second kappa shape index (κ2) is 5.19. The number of rotatable bonds is 3. The number of methoxy groups -OCH3 is 1. The Hall–Kier alpha value is -1.87. The maximum atomic E-state index is 10.3. The van der Waals surface area contributed by atoms with Crippen molar-refractivity contribution in [2.75, 3.05) is 7.11 Å². The first-order valence-electron chi connectivity index (χ1n) is 5.86. The smallest absolute Gasteiger partial charge is 0.212 e. The first-order valence-corrected chi connectivity index (χ1v) is 5.86. The zero-order chi connectivity index (χ0) is 13.1. The van der Waals surface area contributed by atoms with Crippen molar-refractivity contribution in [1.82, 2.24) is 4.98 Å². The molecule has 0 saturated heterocycles. The molecule has 1 atom stereocenters. The number of nitrogens with zero attached hydrogens (tertiary/aromatic N) is 1. The van der Waals surface area contributed by atoms with Crippen LogP contribution >= 0.6 is 0 Å². The van der Waals surface area contributed by atoms with Crippen molar-refractivity contribution >= 4 is 0 Å². The second-order valence-electron chi connectivity index (χ2n) is 4.46. The Morgan fingerprint density at radius 2 is 1.72 bits per heavy atom. The van der Waals surface area contributed by atoms with Gasteiger partial charge in [0.2, 0.25) is 5.88 Å². The highest BCUT2D eigenvalue weighted by Gasteiger charge is 2.11. The van der Waals surface area contributed by atoms with E-state index in [1.165, 1.54) is 0 Å². The molecule has 2 aromatic rings. The van der Waals surface area contributed by atoms with Crippen LogP contribution in [-0.4, -0.2) is 17.2 Å². The molecule has 0 fully saturated rings. The third-order valence-electron chi connectivity index (χ3n) is 2.84. The zero-order valence-corrected chi connectivity index (χ0v) is 10.8. The van der Waals surface area contributed by atoms with Gasteiger partial charge in [-0.15, -0.1) is 0 Å². The van der Waals surface area contributed by atoms with E-state index < -0.39 is 6.10 Å². The van der Waals surface area contributed by atoms with E-state index in [9.17, 15) is 5.11 Å². The summed E-state index contributed by atoms with van der Waals surface area (Å²) >= 11 is 0. The molecule has 0 aliphatic rings. The Kier molecular flexibility index (Phi) is 3.63. The van der Waals surface area contributed by atoms with Crippen LogP contribution in [-0.2, 0) is 0 Å². The van der Waals surface area contributed by atoms with Crippen LogP contribution in [0.15, 0.2) is 36.5 Å². The molecule has 1 aromatic carbocycles. The predicted molar refractivity (Wildman–Crippen MR) is 70.8 cm³/mol. The fourth-order valence-electron chi connectivity index (χ4n) is 2.03. The fraction of sp³-hybridized carbons (Fsp3) is 0.267. The lowest BCUT2D eigenvalue weighted by Gasteiger charge is -2.13. The van der Waals surface area contributed by atoms with Gasteiger partial charge in [-0.25, -0.2) is 4.98 Å². The molecule has 3 heteroatoms. The average Bonchev–Trinajstić information content (AvgIpc) is 2.37. The number of aryl methyl sites for hydroxylation is 2. The minimum absolute atomic E-state index is 0.548. The third-order valence-corrected chi connectivity index (χ3v) is 2.84. The van der Waals surface area contributed by atoms with Crippen LogP contribution in [0.25, 0.3) is 0 Å². The molecule has 2 rings (SSSR count). The molecule has 3 nitrogen and oxygen atoms in total. The van der Waals surface area contributed by atoms with E-state index in [2.05, 4.69) is 11.1 Å². The van der Waals surface area contributed by atoms with Crippen molar-refractivity contribution in [1.29, 1.82) is 0 Å². The van der Waals surface area contributed by atoms with Crippen LogP contribution in [0.5, 0.6) is 5.88 Å². The summed E-state index contributed by atoms with van der Waals surface area (Å²) in [6, 6.07) is 9.64. The van der Waals surface area contributed by atoms with Gasteiger partial charge in [0.25, 0.3) is 0 Å². The Morgan fingerprint density at radius 3 is 2.22 bits per heavy atom. The first-order chi connectivity index (χ1) is 8.60. The molecule has 0 aliphatic heterocycles. The lowest BCUT2D eigenvalue weighted by Crippen LogP contribution is -2.01. The molecule has 1 aromatic heterocycles. The number of aromatic nitrogens is 1. The summed E-state index contributed by atoms with van der Waals surface area (Å²) in [6.45, 7) is 4.05. The maximum Gasteiger partial charge on any atom is 0.212 e. The van der Waals surface area contributed by atoms with Gasteiger partial charge < -0.3 is 9.84 Å². The van der Waals surface area contributed by atoms with Gasteiger partial charge in [-0.2, -0.15) is 0 Å². The van der Waals surface area contributed by atoms with Gasteiger partial charge in [-0.3, -0.25) is 0 Å². The minimum atomic E-state index is -0.651. The summed E-state index contributed by atoms with van der Waals surface area (Å²) in [5.41, 5.74) is 3.94. The third kappa shape index (κ3) is 2.68. The second-order valence-corrected chi connectivity index (χ2v) is 4.46. The van der Waals surface area contributed by atoms with Gasteiger partial charge in [-0.1, -0.05) is 29.3 Å². The van der Waals surface area contributed by atoms with Crippen molar-refractivity contribution in [3.8, 4) is 5.88 Å². The van der Waals surface area contributed by atoms with Gasteiger partial charge in [0.1, 0.15) is 6.10 Å². The average molecular weight is 243 g/mol. The van der Waals surface area contributed by atoms with Gasteiger partial charge in [0.05, 0.1) is 7.11 Å². The number of aliphatic hydroxyl groups is 1. The number of benzene rings is 1. The molecule has 18 heavy (non-hydrogen) atoms. The molecule has 94 valence electrons. The molecule has 0 saturated carbocycles. The largest absolute Gasteiger partial charge is 0.481 e. The molecular weight excluding hydrogens is 226 g/mol. The van der Waals surface area contributed by atoms with E-state index in [1.54, 1.807) is 19.4 Å². The fourth-order valence-corrected chi connectivity index (χ4v) is 2.03. The number of hydrogen-bond donors (Lipinski definition) is 1. The lowest BCUT2D eigenvalue weighted by molar-refractivity contribution is 0.219. The van der Waals surface area contributed by atoms with Gasteiger partial charge >= 0.3 is 0 Å².